The Labute approximate surface area is 111 Å². The Kier molecular flexibility index (Phi) is 3.91. The average Bonchev–Trinajstić information content (AvgIpc) is 2.41. The van der Waals surface area contributed by atoms with Crippen molar-refractivity contribution in [3.8, 4) is 6.07 Å². The van der Waals surface area contributed by atoms with E-state index in [0.29, 0.717) is 12.0 Å². The lowest BCUT2D eigenvalue weighted by Crippen LogP contribution is -2.00. The van der Waals surface area contributed by atoms with Crippen molar-refractivity contribution in [2.24, 2.45) is 0 Å². The molecule has 0 spiro atoms. The van der Waals surface area contributed by atoms with Gasteiger partial charge in [0, 0.05) is 12.5 Å². The zero-order valence-electron chi connectivity index (χ0n) is 10.5. The normalized spacial score (nSPS) is 11.9. The third-order valence-electron chi connectivity index (χ3n) is 3.11. The molecule has 1 atom stereocenters. The molecule has 0 aliphatic rings. The molecule has 19 heavy (non-hydrogen) atoms. The molecule has 0 fully saturated rings. The zero-order chi connectivity index (χ0) is 13.8. The smallest absolute Gasteiger partial charge is 0.129 e. The summed E-state index contributed by atoms with van der Waals surface area (Å²) in [6, 6.07) is 13.2. The van der Waals surface area contributed by atoms with E-state index in [1.54, 1.807) is 6.92 Å². The van der Waals surface area contributed by atoms with E-state index in [2.05, 4.69) is 6.07 Å². The molecule has 0 saturated heterocycles. The van der Waals surface area contributed by atoms with Gasteiger partial charge < -0.3 is 0 Å². The van der Waals surface area contributed by atoms with Gasteiger partial charge in [-0.1, -0.05) is 30.3 Å². The predicted molar refractivity (Wildman–Crippen MR) is 69.6 cm³/mol. The van der Waals surface area contributed by atoms with E-state index in [4.69, 9.17) is 5.26 Å². The minimum atomic E-state index is -0.583. The SMILES string of the molecule is CC(C#N)c1ccccc1Cc1ccc(F)cc1F. The first-order valence-corrected chi connectivity index (χ1v) is 6.03. The molecule has 1 nitrogen and oxygen atoms in total. The first kappa shape index (κ1) is 13.2. The molecule has 2 aromatic rings. The van der Waals surface area contributed by atoms with Gasteiger partial charge in [-0.05, 0) is 29.7 Å². The van der Waals surface area contributed by atoms with Crippen LogP contribution in [0.5, 0.6) is 0 Å². The molecule has 0 saturated carbocycles. The molecule has 96 valence electrons. The molecule has 0 aliphatic heterocycles. The Morgan fingerprint density at radius 2 is 1.84 bits per heavy atom. The average molecular weight is 257 g/mol. The minimum absolute atomic E-state index is 0.250. The van der Waals surface area contributed by atoms with Crippen molar-refractivity contribution in [2.75, 3.05) is 0 Å². The molecule has 2 aromatic carbocycles. The van der Waals surface area contributed by atoms with Crippen LogP contribution in [0.25, 0.3) is 0 Å². The number of nitriles is 1. The molecular weight excluding hydrogens is 244 g/mol. The number of hydrogen-bond donors (Lipinski definition) is 0. The van der Waals surface area contributed by atoms with Crippen molar-refractivity contribution in [3.63, 3.8) is 0 Å². The summed E-state index contributed by atoms with van der Waals surface area (Å²) in [5, 5.41) is 9.00. The molecule has 1 unspecified atom stereocenters. The quantitative estimate of drug-likeness (QED) is 0.809. The lowest BCUT2D eigenvalue weighted by atomic mass is 9.92. The highest BCUT2D eigenvalue weighted by molar-refractivity contribution is 5.37. The Balaban J connectivity index is 2.36. The van der Waals surface area contributed by atoms with Gasteiger partial charge in [-0.15, -0.1) is 0 Å². The van der Waals surface area contributed by atoms with Crippen molar-refractivity contribution in [3.05, 3.63) is 70.8 Å². The van der Waals surface area contributed by atoms with Gasteiger partial charge in [0.05, 0.1) is 12.0 Å². The van der Waals surface area contributed by atoms with E-state index in [-0.39, 0.29) is 5.92 Å². The third-order valence-corrected chi connectivity index (χ3v) is 3.11. The van der Waals surface area contributed by atoms with Crippen LogP contribution in [-0.4, -0.2) is 0 Å². The summed E-state index contributed by atoms with van der Waals surface area (Å²) in [4.78, 5) is 0. The van der Waals surface area contributed by atoms with Crippen molar-refractivity contribution in [1.29, 1.82) is 5.26 Å². The summed E-state index contributed by atoms with van der Waals surface area (Å²) < 4.78 is 26.5. The predicted octanol–water partition coefficient (Wildman–Crippen LogP) is 4.18. The molecule has 0 aliphatic carbocycles. The van der Waals surface area contributed by atoms with Crippen molar-refractivity contribution in [1.82, 2.24) is 0 Å². The van der Waals surface area contributed by atoms with Gasteiger partial charge in [-0.25, -0.2) is 8.78 Å². The highest BCUT2D eigenvalue weighted by Crippen LogP contribution is 2.23. The lowest BCUT2D eigenvalue weighted by molar-refractivity contribution is 0.574. The van der Waals surface area contributed by atoms with Gasteiger partial charge in [-0.3, -0.25) is 0 Å². The van der Waals surface area contributed by atoms with Gasteiger partial charge in [0.2, 0.25) is 0 Å². The lowest BCUT2D eigenvalue weighted by Gasteiger charge is -2.11. The van der Waals surface area contributed by atoms with E-state index in [0.717, 1.165) is 17.2 Å². The second kappa shape index (κ2) is 5.62. The summed E-state index contributed by atoms with van der Waals surface area (Å²) in [5.74, 6) is -1.39. The molecule has 0 amide bonds. The van der Waals surface area contributed by atoms with Crippen LogP contribution in [-0.2, 0) is 6.42 Å². The van der Waals surface area contributed by atoms with Crippen molar-refractivity contribution < 1.29 is 8.78 Å². The third kappa shape index (κ3) is 2.97. The first-order valence-electron chi connectivity index (χ1n) is 6.03. The van der Waals surface area contributed by atoms with Gasteiger partial charge in [0.15, 0.2) is 0 Å². The van der Waals surface area contributed by atoms with Gasteiger partial charge in [0.25, 0.3) is 0 Å². The van der Waals surface area contributed by atoms with Gasteiger partial charge >= 0.3 is 0 Å². The van der Waals surface area contributed by atoms with Crippen molar-refractivity contribution in [2.45, 2.75) is 19.3 Å². The Bertz CT molecular complexity index is 629. The molecule has 0 aromatic heterocycles. The van der Waals surface area contributed by atoms with Crippen LogP contribution < -0.4 is 0 Å². The number of hydrogen-bond acceptors (Lipinski definition) is 1. The van der Waals surface area contributed by atoms with Crippen LogP contribution in [0, 0.1) is 23.0 Å². The standard InChI is InChI=1S/C16H13F2N/c1-11(10-19)15-5-3-2-4-12(15)8-13-6-7-14(17)9-16(13)18/h2-7,9,11H,8H2,1H3. The van der Waals surface area contributed by atoms with Crippen molar-refractivity contribution >= 4 is 0 Å². The highest BCUT2D eigenvalue weighted by Gasteiger charge is 2.11. The maximum absolute atomic E-state index is 13.6. The summed E-state index contributed by atoms with van der Waals surface area (Å²) in [5.41, 5.74) is 2.20. The summed E-state index contributed by atoms with van der Waals surface area (Å²) in [6.45, 7) is 1.81. The van der Waals surface area contributed by atoms with Crippen LogP contribution in [0.1, 0.15) is 29.5 Å². The van der Waals surface area contributed by atoms with Crippen LogP contribution >= 0.6 is 0 Å². The second-order valence-corrected chi connectivity index (χ2v) is 4.46. The number of rotatable bonds is 3. The summed E-state index contributed by atoms with van der Waals surface area (Å²) >= 11 is 0. The fourth-order valence-electron chi connectivity index (χ4n) is 2.06. The fourth-order valence-corrected chi connectivity index (χ4v) is 2.06. The maximum Gasteiger partial charge on any atom is 0.129 e. The Hall–Kier alpha value is -2.21. The molecule has 2 rings (SSSR count). The Morgan fingerprint density at radius 3 is 2.53 bits per heavy atom. The van der Waals surface area contributed by atoms with Crippen LogP contribution in [0.2, 0.25) is 0 Å². The van der Waals surface area contributed by atoms with E-state index in [1.165, 1.54) is 12.1 Å². The van der Waals surface area contributed by atoms with E-state index in [1.807, 2.05) is 24.3 Å². The number of nitrogens with zero attached hydrogens (tertiary/aromatic N) is 1. The monoisotopic (exact) mass is 257 g/mol. The zero-order valence-corrected chi connectivity index (χ0v) is 10.5. The highest BCUT2D eigenvalue weighted by atomic mass is 19.1. The van der Waals surface area contributed by atoms with E-state index < -0.39 is 11.6 Å². The summed E-state index contributed by atoms with van der Waals surface area (Å²) in [6.07, 6.45) is 0.355. The molecule has 3 heteroatoms. The summed E-state index contributed by atoms with van der Waals surface area (Å²) in [7, 11) is 0. The fraction of sp³-hybridized carbons (Fsp3) is 0.188. The molecule has 0 heterocycles. The number of halogens is 2. The number of benzene rings is 2. The molecular formula is C16H13F2N. The Morgan fingerprint density at radius 1 is 1.11 bits per heavy atom. The topological polar surface area (TPSA) is 23.8 Å². The molecule has 0 bridgehead atoms. The van der Waals surface area contributed by atoms with Gasteiger partial charge in [0.1, 0.15) is 11.6 Å². The van der Waals surface area contributed by atoms with Crippen LogP contribution in [0.3, 0.4) is 0 Å². The first-order chi connectivity index (χ1) is 9.11. The second-order valence-electron chi connectivity index (χ2n) is 4.46. The van der Waals surface area contributed by atoms with Crippen LogP contribution in [0.15, 0.2) is 42.5 Å². The minimum Gasteiger partial charge on any atom is -0.207 e. The van der Waals surface area contributed by atoms with E-state index in [9.17, 15) is 8.78 Å². The molecule has 0 radical (unpaired) electrons. The molecule has 0 N–H and O–H groups in total. The van der Waals surface area contributed by atoms with Gasteiger partial charge in [-0.2, -0.15) is 5.26 Å². The maximum atomic E-state index is 13.6. The van der Waals surface area contributed by atoms with Crippen LogP contribution in [0.4, 0.5) is 8.78 Å². The largest absolute Gasteiger partial charge is 0.207 e. The van der Waals surface area contributed by atoms with E-state index >= 15 is 0 Å².